The average molecular weight is 349 g/mol. The molecule has 2 aromatic carbocycles. The lowest BCUT2D eigenvalue weighted by molar-refractivity contribution is 0.525. The van der Waals surface area contributed by atoms with Crippen LogP contribution in [0, 0.1) is 0 Å². The van der Waals surface area contributed by atoms with Gasteiger partial charge in [0, 0.05) is 22.0 Å². The molecule has 0 radical (unpaired) electrons. The number of benzene rings is 2. The molecule has 0 unspecified atom stereocenters. The third kappa shape index (κ3) is 4.38. The Labute approximate surface area is 138 Å². The molecule has 0 saturated heterocycles. The van der Waals surface area contributed by atoms with E-state index in [0.29, 0.717) is 5.45 Å². The number of sulfonamides is 1. The molecule has 5 nitrogen and oxygen atoms in total. The Morgan fingerprint density at radius 2 is 1.43 bits per heavy atom. The average Bonchev–Trinajstić information content (AvgIpc) is 2.56. The normalized spacial score (nSPS) is 12.8. The molecule has 0 aromatic heterocycles. The summed E-state index contributed by atoms with van der Waals surface area (Å²) in [5, 5.41) is 5.89. The largest absolute Gasteiger partial charge is 0.323 e. The lowest BCUT2D eigenvalue weighted by Crippen LogP contribution is -2.32. The van der Waals surface area contributed by atoms with Crippen LogP contribution in [0.5, 0.6) is 0 Å². The maximum atomic E-state index is 12.3. The second-order valence-electron chi connectivity index (χ2n) is 5.09. The van der Waals surface area contributed by atoms with Gasteiger partial charge in [0.25, 0.3) is 0 Å². The van der Waals surface area contributed by atoms with Crippen LogP contribution in [-0.2, 0) is 10.0 Å². The van der Waals surface area contributed by atoms with Gasteiger partial charge in [-0.1, -0.05) is 60.7 Å². The van der Waals surface area contributed by atoms with Crippen LogP contribution in [0.25, 0.3) is 0 Å². The molecular formula is C16H20N3O2PS. The molecule has 0 atom stereocenters. The van der Waals surface area contributed by atoms with Crippen LogP contribution in [0.1, 0.15) is 0 Å². The number of nitrogens with two attached hydrogens (primary N) is 1. The van der Waals surface area contributed by atoms with E-state index in [0.717, 1.165) is 10.6 Å². The van der Waals surface area contributed by atoms with Gasteiger partial charge in [0.15, 0.2) is 0 Å². The first-order valence-electron chi connectivity index (χ1n) is 7.03. The smallest absolute Gasteiger partial charge is 0.219 e. The van der Waals surface area contributed by atoms with Crippen molar-refractivity contribution in [3.63, 3.8) is 0 Å². The zero-order valence-electron chi connectivity index (χ0n) is 13.1. The lowest BCUT2D eigenvalue weighted by atomic mass is 10.4. The maximum Gasteiger partial charge on any atom is 0.219 e. The molecule has 2 aromatic rings. The van der Waals surface area contributed by atoms with Crippen molar-refractivity contribution in [2.24, 2.45) is 10.9 Å². The van der Waals surface area contributed by atoms with Crippen LogP contribution in [0.3, 0.4) is 0 Å². The minimum atomic E-state index is -3.43. The number of hydrazone groups is 1. The predicted octanol–water partition coefficient (Wildman–Crippen LogP) is 1.28. The molecule has 0 saturated carbocycles. The van der Waals surface area contributed by atoms with Gasteiger partial charge >= 0.3 is 0 Å². The van der Waals surface area contributed by atoms with Gasteiger partial charge in [-0.2, -0.15) is 5.10 Å². The summed E-state index contributed by atoms with van der Waals surface area (Å²) in [4.78, 5) is 0. The molecule has 0 amide bonds. The molecule has 2 rings (SSSR count). The van der Waals surface area contributed by atoms with E-state index < -0.39 is 17.9 Å². The molecule has 0 fully saturated rings. The quantitative estimate of drug-likeness (QED) is 0.369. The summed E-state index contributed by atoms with van der Waals surface area (Å²) in [6.45, 7) is 0. The first-order chi connectivity index (χ1) is 11.0. The van der Waals surface area contributed by atoms with Crippen LogP contribution in [0.2, 0.25) is 0 Å². The van der Waals surface area contributed by atoms with Crippen LogP contribution >= 0.6 is 7.92 Å². The summed E-state index contributed by atoms with van der Waals surface area (Å²) in [7, 11) is -1.49. The van der Waals surface area contributed by atoms with Crippen molar-refractivity contribution in [3.8, 4) is 0 Å². The lowest BCUT2D eigenvalue weighted by Gasteiger charge is -2.21. The predicted molar refractivity (Wildman–Crippen MR) is 98.2 cm³/mol. The fourth-order valence-electron chi connectivity index (χ4n) is 2.05. The van der Waals surface area contributed by atoms with Gasteiger partial charge in [-0.3, -0.25) is 0 Å². The van der Waals surface area contributed by atoms with Gasteiger partial charge in [0.1, 0.15) is 5.75 Å². The van der Waals surface area contributed by atoms with Gasteiger partial charge in [-0.15, -0.1) is 0 Å². The summed E-state index contributed by atoms with van der Waals surface area (Å²) < 4.78 is 25.7. The number of hydrogen-bond donors (Lipinski definition) is 1. The minimum absolute atomic E-state index is 0.188. The van der Waals surface area contributed by atoms with Crippen LogP contribution < -0.4 is 16.5 Å². The van der Waals surface area contributed by atoms with Crippen molar-refractivity contribution in [3.05, 3.63) is 60.7 Å². The topological polar surface area (TPSA) is 75.8 Å². The van der Waals surface area contributed by atoms with Gasteiger partial charge in [0.05, 0.1) is 5.45 Å². The van der Waals surface area contributed by atoms with Gasteiger partial charge in [-0.05, 0) is 10.6 Å². The second kappa shape index (κ2) is 7.68. The third-order valence-corrected chi connectivity index (χ3v) is 7.69. The molecular weight excluding hydrogens is 329 g/mol. The summed E-state index contributed by atoms with van der Waals surface area (Å²) in [6, 6.07) is 19.5. The monoisotopic (exact) mass is 349 g/mol. The third-order valence-electron chi connectivity index (χ3n) is 3.30. The Morgan fingerprint density at radius 3 is 1.78 bits per heavy atom. The Morgan fingerprint density at radius 1 is 1.00 bits per heavy atom. The van der Waals surface area contributed by atoms with Crippen LogP contribution in [-0.4, -0.2) is 38.0 Å². The maximum absolute atomic E-state index is 12.3. The van der Waals surface area contributed by atoms with E-state index in [2.05, 4.69) is 5.10 Å². The highest BCUT2D eigenvalue weighted by molar-refractivity contribution is 7.95. The van der Waals surface area contributed by atoms with Crippen LogP contribution in [0.4, 0.5) is 0 Å². The van der Waals surface area contributed by atoms with Crippen molar-refractivity contribution in [2.45, 2.75) is 0 Å². The molecule has 0 aliphatic heterocycles. The summed E-state index contributed by atoms with van der Waals surface area (Å²) >= 11 is 0. The van der Waals surface area contributed by atoms with E-state index in [9.17, 15) is 8.42 Å². The molecule has 7 heteroatoms. The first kappa shape index (κ1) is 17.6. The van der Waals surface area contributed by atoms with E-state index in [1.54, 1.807) is 0 Å². The van der Waals surface area contributed by atoms with E-state index in [4.69, 9.17) is 5.84 Å². The fraction of sp³-hybridized carbons (Fsp3) is 0.188. The molecule has 122 valence electrons. The minimum Gasteiger partial charge on any atom is -0.323 e. The Hall–Kier alpha value is -1.75. The van der Waals surface area contributed by atoms with E-state index >= 15 is 0 Å². The first-order valence-corrected chi connectivity index (χ1v) is 9.98. The highest BCUT2D eigenvalue weighted by atomic mass is 32.2. The standard InChI is InChI=1S/C16H20N3O2PS/c1-19(2)23(20,21)13-16(18-17)22(14-9-5-3-6-10-14)15-11-7-4-8-12-15/h3-12H,13,17H2,1-2H3. The summed E-state index contributed by atoms with van der Waals surface area (Å²) in [5.41, 5.74) is 0.478. The number of hydrogen-bond acceptors (Lipinski definition) is 4. The fourth-order valence-corrected chi connectivity index (χ4v) is 5.67. The van der Waals surface area contributed by atoms with Crippen molar-refractivity contribution < 1.29 is 8.42 Å². The van der Waals surface area contributed by atoms with Gasteiger partial charge in [0.2, 0.25) is 10.0 Å². The Balaban J connectivity index is 2.49. The molecule has 0 aliphatic rings. The van der Waals surface area contributed by atoms with E-state index in [1.165, 1.54) is 18.4 Å². The molecule has 23 heavy (non-hydrogen) atoms. The SMILES string of the molecule is CN(C)S(=O)(=O)CC(=NN)P(c1ccccc1)c1ccccc1. The number of rotatable bonds is 6. The van der Waals surface area contributed by atoms with Crippen molar-refractivity contribution in [1.82, 2.24) is 4.31 Å². The zero-order chi connectivity index (χ0) is 16.9. The van der Waals surface area contributed by atoms with Crippen molar-refractivity contribution in [2.75, 3.05) is 19.8 Å². The Bertz CT molecular complexity index is 723. The van der Waals surface area contributed by atoms with E-state index in [-0.39, 0.29) is 5.75 Å². The molecule has 0 aliphatic carbocycles. The van der Waals surface area contributed by atoms with Crippen molar-refractivity contribution in [1.29, 1.82) is 0 Å². The molecule has 0 spiro atoms. The van der Waals surface area contributed by atoms with Crippen molar-refractivity contribution >= 4 is 34.0 Å². The van der Waals surface area contributed by atoms with Crippen LogP contribution in [0.15, 0.2) is 65.8 Å². The molecule has 0 heterocycles. The zero-order valence-corrected chi connectivity index (χ0v) is 14.8. The van der Waals surface area contributed by atoms with Gasteiger partial charge in [-0.25, -0.2) is 12.7 Å². The molecule has 2 N–H and O–H groups in total. The Kier molecular flexibility index (Phi) is 5.88. The van der Waals surface area contributed by atoms with E-state index in [1.807, 2.05) is 60.7 Å². The molecule has 0 bridgehead atoms. The summed E-state index contributed by atoms with van der Waals surface area (Å²) in [5.74, 6) is 5.39. The number of nitrogens with zero attached hydrogens (tertiary/aromatic N) is 2. The second-order valence-corrected chi connectivity index (χ2v) is 9.49. The summed E-state index contributed by atoms with van der Waals surface area (Å²) in [6.07, 6.45) is 0. The highest BCUT2D eigenvalue weighted by Crippen LogP contribution is 2.36. The van der Waals surface area contributed by atoms with Gasteiger partial charge < -0.3 is 5.84 Å². The highest BCUT2D eigenvalue weighted by Gasteiger charge is 2.26.